The number of methoxy groups -OCH3 is 1. The van der Waals surface area contributed by atoms with Gasteiger partial charge in [-0.2, -0.15) is 0 Å². The molecule has 0 spiro atoms. The molecule has 2 aliphatic rings. The van der Waals surface area contributed by atoms with Crippen molar-refractivity contribution in [2.24, 2.45) is 5.92 Å². The SMILES string of the molecule is COC(=O)[C@@H]1CC[C@@H]2CCCC[C@H](C)C(=O)N21. The fraction of sp³-hybridized carbons (Fsp3) is 0.846. The highest BCUT2D eigenvalue weighted by atomic mass is 16.5. The molecule has 96 valence electrons. The second kappa shape index (κ2) is 5.07. The minimum atomic E-state index is -0.335. The number of hydrogen-bond acceptors (Lipinski definition) is 3. The Morgan fingerprint density at radius 2 is 1.94 bits per heavy atom. The van der Waals surface area contributed by atoms with Crippen molar-refractivity contribution in [2.45, 2.75) is 57.5 Å². The van der Waals surface area contributed by atoms with Crippen LogP contribution in [0.4, 0.5) is 0 Å². The first-order chi connectivity index (χ1) is 8.15. The highest BCUT2D eigenvalue weighted by molar-refractivity contribution is 5.86. The van der Waals surface area contributed by atoms with Crippen LogP contribution in [0, 0.1) is 5.92 Å². The van der Waals surface area contributed by atoms with Crippen LogP contribution in [0.1, 0.15) is 45.4 Å². The van der Waals surface area contributed by atoms with Crippen molar-refractivity contribution in [3.8, 4) is 0 Å². The number of rotatable bonds is 1. The predicted octanol–water partition coefficient (Wildman–Crippen LogP) is 1.73. The Morgan fingerprint density at radius 1 is 1.24 bits per heavy atom. The predicted molar refractivity (Wildman–Crippen MR) is 63.3 cm³/mol. The van der Waals surface area contributed by atoms with Crippen LogP contribution in [0.2, 0.25) is 0 Å². The topological polar surface area (TPSA) is 46.6 Å². The Bertz CT molecular complexity index is 316. The van der Waals surface area contributed by atoms with Gasteiger partial charge in [0.05, 0.1) is 7.11 Å². The third-order valence-electron chi connectivity index (χ3n) is 4.08. The maximum absolute atomic E-state index is 12.3. The van der Waals surface area contributed by atoms with Crippen molar-refractivity contribution in [3.63, 3.8) is 0 Å². The van der Waals surface area contributed by atoms with Crippen molar-refractivity contribution < 1.29 is 14.3 Å². The smallest absolute Gasteiger partial charge is 0.328 e. The van der Waals surface area contributed by atoms with Gasteiger partial charge in [-0.15, -0.1) is 0 Å². The Hall–Kier alpha value is -1.06. The van der Waals surface area contributed by atoms with Crippen LogP contribution in [0.3, 0.4) is 0 Å². The standard InChI is InChI=1S/C13H21NO3/c1-9-5-3-4-6-10-7-8-11(13(16)17-2)14(10)12(9)15/h9-11H,3-8H2,1-2H3/t9-,10-,11-/m0/s1. The molecule has 0 aliphatic carbocycles. The first kappa shape index (κ1) is 12.4. The lowest BCUT2D eigenvalue weighted by Crippen LogP contribution is -2.48. The van der Waals surface area contributed by atoms with Gasteiger partial charge in [0.2, 0.25) is 5.91 Å². The van der Waals surface area contributed by atoms with Gasteiger partial charge < -0.3 is 9.64 Å². The van der Waals surface area contributed by atoms with E-state index in [1.54, 1.807) is 0 Å². The molecule has 3 atom stereocenters. The number of ether oxygens (including phenoxy) is 1. The Labute approximate surface area is 102 Å². The van der Waals surface area contributed by atoms with E-state index in [4.69, 9.17) is 4.74 Å². The molecule has 0 N–H and O–H groups in total. The molecular formula is C13H21NO3. The molecule has 2 aliphatic heterocycles. The summed E-state index contributed by atoms with van der Waals surface area (Å²) in [5.74, 6) is -0.0701. The number of carbonyl (C=O) groups excluding carboxylic acids is 2. The van der Waals surface area contributed by atoms with Crippen LogP contribution in [-0.4, -0.2) is 36.0 Å². The maximum atomic E-state index is 12.3. The minimum absolute atomic E-state index is 0.0445. The van der Waals surface area contributed by atoms with Crippen LogP contribution in [0.15, 0.2) is 0 Å². The van der Waals surface area contributed by atoms with Crippen LogP contribution in [-0.2, 0) is 14.3 Å². The first-order valence-electron chi connectivity index (χ1n) is 6.55. The van der Waals surface area contributed by atoms with Gasteiger partial charge in [0.25, 0.3) is 0 Å². The second-order valence-electron chi connectivity index (χ2n) is 5.20. The third kappa shape index (κ3) is 2.31. The fourth-order valence-corrected chi connectivity index (χ4v) is 3.08. The molecule has 0 bridgehead atoms. The normalized spacial score (nSPS) is 33.9. The molecule has 1 amide bonds. The molecule has 2 rings (SSSR count). The van der Waals surface area contributed by atoms with Gasteiger partial charge in [0.1, 0.15) is 6.04 Å². The molecule has 2 fully saturated rings. The Morgan fingerprint density at radius 3 is 2.65 bits per heavy atom. The molecule has 2 saturated heterocycles. The summed E-state index contributed by atoms with van der Waals surface area (Å²) < 4.78 is 4.81. The molecule has 0 aromatic rings. The zero-order valence-corrected chi connectivity index (χ0v) is 10.6. The zero-order valence-electron chi connectivity index (χ0n) is 10.6. The van der Waals surface area contributed by atoms with Crippen LogP contribution < -0.4 is 0 Å². The Balaban J connectivity index is 2.19. The number of carbonyl (C=O) groups is 2. The van der Waals surface area contributed by atoms with E-state index < -0.39 is 0 Å². The summed E-state index contributed by atoms with van der Waals surface area (Å²) in [6.45, 7) is 1.97. The number of fused-ring (bicyclic) bond motifs is 1. The number of nitrogens with zero attached hydrogens (tertiary/aromatic N) is 1. The lowest BCUT2D eigenvalue weighted by Gasteiger charge is -2.33. The molecule has 0 aromatic heterocycles. The summed E-state index contributed by atoms with van der Waals surface area (Å²) in [4.78, 5) is 25.8. The van der Waals surface area contributed by atoms with E-state index in [-0.39, 0.29) is 29.9 Å². The molecule has 0 unspecified atom stereocenters. The number of hydrogen-bond donors (Lipinski definition) is 0. The van der Waals surface area contributed by atoms with E-state index in [0.717, 1.165) is 38.5 Å². The molecule has 0 aromatic carbocycles. The lowest BCUT2D eigenvalue weighted by atomic mass is 9.95. The van der Waals surface area contributed by atoms with Crippen LogP contribution in [0.5, 0.6) is 0 Å². The van der Waals surface area contributed by atoms with Gasteiger partial charge in [-0.1, -0.05) is 19.8 Å². The van der Waals surface area contributed by atoms with E-state index in [1.807, 2.05) is 11.8 Å². The first-order valence-corrected chi connectivity index (χ1v) is 6.55. The largest absolute Gasteiger partial charge is 0.467 e. The summed E-state index contributed by atoms with van der Waals surface area (Å²) in [7, 11) is 1.40. The fourth-order valence-electron chi connectivity index (χ4n) is 3.08. The number of amides is 1. The maximum Gasteiger partial charge on any atom is 0.328 e. The molecule has 0 radical (unpaired) electrons. The van der Waals surface area contributed by atoms with Crippen LogP contribution >= 0.6 is 0 Å². The van der Waals surface area contributed by atoms with E-state index >= 15 is 0 Å². The van der Waals surface area contributed by atoms with Gasteiger partial charge in [-0.3, -0.25) is 4.79 Å². The van der Waals surface area contributed by atoms with E-state index in [2.05, 4.69) is 0 Å². The molecule has 0 saturated carbocycles. The summed E-state index contributed by atoms with van der Waals surface area (Å²) >= 11 is 0. The van der Waals surface area contributed by atoms with Gasteiger partial charge in [-0.25, -0.2) is 4.79 Å². The van der Waals surface area contributed by atoms with E-state index in [1.165, 1.54) is 7.11 Å². The average molecular weight is 239 g/mol. The third-order valence-corrected chi connectivity index (χ3v) is 4.08. The summed E-state index contributed by atoms with van der Waals surface area (Å²) in [6, 6.07) is -0.0765. The molecular weight excluding hydrogens is 218 g/mol. The van der Waals surface area contributed by atoms with Crippen molar-refractivity contribution >= 4 is 11.9 Å². The minimum Gasteiger partial charge on any atom is -0.467 e. The van der Waals surface area contributed by atoms with Crippen LogP contribution in [0.25, 0.3) is 0 Å². The highest BCUT2D eigenvalue weighted by Gasteiger charge is 2.42. The molecule has 4 nitrogen and oxygen atoms in total. The average Bonchev–Trinajstić information content (AvgIpc) is 2.74. The highest BCUT2D eigenvalue weighted by Crippen LogP contribution is 2.33. The van der Waals surface area contributed by atoms with Gasteiger partial charge in [0, 0.05) is 12.0 Å². The quantitative estimate of drug-likeness (QED) is 0.655. The summed E-state index contributed by atoms with van der Waals surface area (Å²) in [5.41, 5.74) is 0. The number of esters is 1. The molecule has 4 heteroatoms. The molecule has 17 heavy (non-hydrogen) atoms. The summed E-state index contributed by atoms with van der Waals surface area (Å²) in [5, 5.41) is 0. The van der Waals surface area contributed by atoms with Crippen molar-refractivity contribution in [1.29, 1.82) is 0 Å². The van der Waals surface area contributed by atoms with Gasteiger partial charge in [0.15, 0.2) is 0 Å². The lowest BCUT2D eigenvalue weighted by molar-refractivity contribution is -0.154. The second-order valence-corrected chi connectivity index (χ2v) is 5.20. The van der Waals surface area contributed by atoms with Crippen molar-refractivity contribution in [1.82, 2.24) is 4.90 Å². The van der Waals surface area contributed by atoms with Gasteiger partial charge >= 0.3 is 5.97 Å². The van der Waals surface area contributed by atoms with E-state index in [0.29, 0.717) is 0 Å². The van der Waals surface area contributed by atoms with E-state index in [9.17, 15) is 9.59 Å². The van der Waals surface area contributed by atoms with Crippen molar-refractivity contribution in [3.05, 3.63) is 0 Å². The zero-order chi connectivity index (χ0) is 12.4. The van der Waals surface area contributed by atoms with Gasteiger partial charge in [-0.05, 0) is 25.7 Å². The molecule has 2 heterocycles. The van der Waals surface area contributed by atoms with Crippen molar-refractivity contribution in [2.75, 3.05) is 7.11 Å². The monoisotopic (exact) mass is 239 g/mol. The Kier molecular flexibility index (Phi) is 3.69. The summed E-state index contributed by atoms with van der Waals surface area (Å²) in [6.07, 6.45) is 5.96.